The van der Waals surface area contributed by atoms with Crippen molar-refractivity contribution in [3.05, 3.63) is 41.0 Å². The van der Waals surface area contributed by atoms with E-state index < -0.39 is 0 Å². The minimum absolute atomic E-state index is 0.210. The highest BCUT2D eigenvalue weighted by Crippen LogP contribution is 2.23. The van der Waals surface area contributed by atoms with Crippen LogP contribution in [0.2, 0.25) is 0 Å². The van der Waals surface area contributed by atoms with Gasteiger partial charge in [0.25, 0.3) is 0 Å². The van der Waals surface area contributed by atoms with Gasteiger partial charge in [0.2, 0.25) is 5.91 Å². The van der Waals surface area contributed by atoms with Crippen molar-refractivity contribution in [2.45, 2.75) is 6.42 Å². The van der Waals surface area contributed by atoms with Crippen molar-refractivity contribution in [1.82, 2.24) is 19.9 Å². The molecule has 0 spiro atoms. The number of carbonyl (C=O) groups is 1. The molecular formula is C16H17N5OS. The Hall–Kier alpha value is -2.41. The molecule has 6 nitrogen and oxygen atoms in total. The third kappa shape index (κ3) is 2.79. The molecule has 0 aromatic carbocycles. The van der Waals surface area contributed by atoms with Crippen molar-refractivity contribution in [2.75, 3.05) is 31.1 Å². The van der Waals surface area contributed by atoms with Gasteiger partial charge >= 0.3 is 0 Å². The molecule has 3 aromatic rings. The van der Waals surface area contributed by atoms with Gasteiger partial charge in [0.15, 0.2) is 0 Å². The number of rotatable bonds is 3. The maximum atomic E-state index is 12.4. The number of hydrogen-bond acceptors (Lipinski definition) is 5. The van der Waals surface area contributed by atoms with Crippen LogP contribution in [-0.2, 0) is 11.2 Å². The highest BCUT2D eigenvalue weighted by atomic mass is 32.1. The van der Waals surface area contributed by atoms with Gasteiger partial charge in [-0.25, -0.2) is 9.97 Å². The molecule has 7 heteroatoms. The minimum atomic E-state index is 0.210. The zero-order valence-corrected chi connectivity index (χ0v) is 13.4. The first-order chi connectivity index (χ1) is 11.3. The normalized spacial score (nSPS) is 15.3. The quantitative estimate of drug-likeness (QED) is 0.798. The number of amides is 1. The molecule has 4 heterocycles. The summed E-state index contributed by atoms with van der Waals surface area (Å²) in [6.07, 6.45) is 3.97. The second-order valence-corrected chi connectivity index (χ2v) is 6.59. The lowest BCUT2D eigenvalue weighted by Gasteiger charge is -2.35. The van der Waals surface area contributed by atoms with Gasteiger partial charge < -0.3 is 14.8 Å². The molecular weight excluding hydrogens is 310 g/mol. The second-order valence-electron chi connectivity index (χ2n) is 5.56. The first kappa shape index (κ1) is 14.2. The lowest BCUT2D eigenvalue weighted by molar-refractivity contribution is -0.130. The Kier molecular flexibility index (Phi) is 3.70. The number of aromatic nitrogens is 3. The van der Waals surface area contributed by atoms with Crippen LogP contribution in [0.1, 0.15) is 4.88 Å². The van der Waals surface area contributed by atoms with Gasteiger partial charge in [-0.2, -0.15) is 0 Å². The number of aromatic amines is 1. The number of fused-ring (bicyclic) bond motifs is 1. The Morgan fingerprint density at radius 2 is 2.09 bits per heavy atom. The summed E-state index contributed by atoms with van der Waals surface area (Å²) in [6.45, 7) is 3.07. The Balaban J connectivity index is 1.43. The Morgan fingerprint density at radius 3 is 2.87 bits per heavy atom. The van der Waals surface area contributed by atoms with Crippen molar-refractivity contribution < 1.29 is 4.79 Å². The average Bonchev–Trinajstić information content (AvgIpc) is 3.25. The van der Waals surface area contributed by atoms with E-state index in [2.05, 4.69) is 19.9 Å². The number of nitrogens with zero attached hydrogens (tertiary/aromatic N) is 4. The van der Waals surface area contributed by atoms with E-state index in [0.29, 0.717) is 6.42 Å². The fourth-order valence-corrected chi connectivity index (χ4v) is 3.65. The minimum Gasteiger partial charge on any atom is -0.352 e. The van der Waals surface area contributed by atoms with E-state index in [-0.39, 0.29) is 5.91 Å². The van der Waals surface area contributed by atoms with E-state index in [4.69, 9.17) is 0 Å². The van der Waals surface area contributed by atoms with Crippen molar-refractivity contribution in [3.63, 3.8) is 0 Å². The summed E-state index contributed by atoms with van der Waals surface area (Å²) < 4.78 is 0. The van der Waals surface area contributed by atoms with Gasteiger partial charge in [-0.05, 0) is 17.5 Å². The third-order valence-corrected chi connectivity index (χ3v) is 5.05. The molecule has 118 valence electrons. The topological polar surface area (TPSA) is 65.1 Å². The summed E-state index contributed by atoms with van der Waals surface area (Å²) >= 11 is 1.64. The summed E-state index contributed by atoms with van der Waals surface area (Å²) in [5.41, 5.74) is 0.853. The van der Waals surface area contributed by atoms with E-state index >= 15 is 0 Å². The summed E-state index contributed by atoms with van der Waals surface area (Å²) in [7, 11) is 0. The molecule has 0 bridgehead atoms. The molecule has 3 aromatic heterocycles. The Morgan fingerprint density at radius 1 is 1.22 bits per heavy atom. The van der Waals surface area contributed by atoms with Gasteiger partial charge in [0, 0.05) is 37.3 Å². The summed E-state index contributed by atoms with van der Waals surface area (Å²) in [5, 5.41) is 3.04. The summed E-state index contributed by atoms with van der Waals surface area (Å²) in [5.74, 6) is 1.16. The zero-order valence-electron chi connectivity index (χ0n) is 12.6. The van der Waals surface area contributed by atoms with Crippen LogP contribution in [0.15, 0.2) is 36.1 Å². The van der Waals surface area contributed by atoms with Crippen LogP contribution in [0.3, 0.4) is 0 Å². The molecule has 0 atom stereocenters. The van der Waals surface area contributed by atoms with Crippen molar-refractivity contribution in [2.24, 2.45) is 0 Å². The summed E-state index contributed by atoms with van der Waals surface area (Å²) in [6, 6.07) is 6.00. The Bertz CT molecular complexity index is 805. The van der Waals surface area contributed by atoms with E-state index in [1.807, 2.05) is 34.7 Å². The number of H-pyrrole nitrogens is 1. The standard InChI is InChI=1S/C16H17N5OS/c22-14(10-12-2-1-9-23-12)20-5-7-21(8-6-20)16-13-3-4-17-15(13)18-11-19-16/h1-4,9,11H,5-8,10H2,(H,17,18,19). The zero-order chi connectivity index (χ0) is 15.6. The van der Waals surface area contributed by atoms with Gasteiger partial charge in [-0.15, -0.1) is 11.3 Å². The van der Waals surface area contributed by atoms with Crippen LogP contribution in [0.5, 0.6) is 0 Å². The lowest BCUT2D eigenvalue weighted by Crippen LogP contribution is -2.49. The van der Waals surface area contributed by atoms with Crippen LogP contribution in [-0.4, -0.2) is 51.9 Å². The third-order valence-electron chi connectivity index (χ3n) is 4.17. The van der Waals surface area contributed by atoms with Crippen LogP contribution in [0.4, 0.5) is 5.82 Å². The number of hydrogen-bond donors (Lipinski definition) is 1. The fourth-order valence-electron chi connectivity index (χ4n) is 2.95. The largest absolute Gasteiger partial charge is 0.352 e. The second kappa shape index (κ2) is 6.00. The number of nitrogens with one attached hydrogen (secondary N) is 1. The SMILES string of the molecule is O=C(Cc1cccs1)N1CCN(c2ncnc3[nH]ccc23)CC1. The maximum Gasteiger partial charge on any atom is 0.227 e. The first-order valence-corrected chi connectivity index (χ1v) is 8.52. The van der Waals surface area contributed by atoms with Crippen LogP contribution in [0.25, 0.3) is 11.0 Å². The molecule has 23 heavy (non-hydrogen) atoms. The summed E-state index contributed by atoms with van der Waals surface area (Å²) in [4.78, 5) is 29.4. The Labute approximate surface area is 137 Å². The smallest absolute Gasteiger partial charge is 0.227 e. The molecule has 1 N–H and O–H groups in total. The molecule has 1 aliphatic heterocycles. The molecule has 1 aliphatic rings. The predicted molar refractivity (Wildman–Crippen MR) is 90.7 cm³/mol. The number of carbonyl (C=O) groups excluding carboxylic acids is 1. The molecule has 1 amide bonds. The van der Waals surface area contributed by atoms with E-state index in [9.17, 15) is 4.79 Å². The first-order valence-electron chi connectivity index (χ1n) is 7.64. The van der Waals surface area contributed by atoms with Crippen molar-refractivity contribution >= 4 is 34.1 Å². The molecule has 0 aliphatic carbocycles. The maximum absolute atomic E-state index is 12.4. The number of thiophene rings is 1. The van der Waals surface area contributed by atoms with Crippen molar-refractivity contribution in [1.29, 1.82) is 0 Å². The van der Waals surface area contributed by atoms with E-state index in [0.717, 1.165) is 47.9 Å². The molecule has 4 rings (SSSR count). The molecule has 0 radical (unpaired) electrons. The lowest BCUT2D eigenvalue weighted by atomic mass is 10.2. The average molecular weight is 327 g/mol. The monoisotopic (exact) mass is 327 g/mol. The molecule has 1 saturated heterocycles. The molecule has 1 fully saturated rings. The van der Waals surface area contributed by atoms with E-state index in [1.54, 1.807) is 17.7 Å². The molecule has 0 unspecified atom stereocenters. The highest BCUT2D eigenvalue weighted by Gasteiger charge is 2.23. The van der Waals surface area contributed by atoms with Crippen molar-refractivity contribution in [3.8, 4) is 0 Å². The highest BCUT2D eigenvalue weighted by molar-refractivity contribution is 7.10. The van der Waals surface area contributed by atoms with Gasteiger partial charge in [-0.3, -0.25) is 4.79 Å². The predicted octanol–water partition coefficient (Wildman–Crippen LogP) is 1.91. The fraction of sp³-hybridized carbons (Fsp3) is 0.312. The van der Waals surface area contributed by atoms with Gasteiger partial charge in [0.1, 0.15) is 17.8 Å². The molecule has 0 saturated carbocycles. The van der Waals surface area contributed by atoms with Gasteiger partial charge in [-0.1, -0.05) is 6.07 Å². The van der Waals surface area contributed by atoms with Gasteiger partial charge in [0.05, 0.1) is 11.8 Å². The number of anilines is 1. The number of piperazine rings is 1. The van der Waals surface area contributed by atoms with E-state index in [1.165, 1.54) is 0 Å². The van der Waals surface area contributed by atoms with Crippen LogP contribution in [0, 0.1) is 0 Å². The van der Waals surface area contributed by atoms with Crippen LogP contribution < -0.4 is 4.90 Å². The van der Waals surface area contributed by atoms with Crippen LogP contribution >= 0.6 is 11.3 Å².